The van der Waals surface area contributed by atoms with Crippen molar-refractivity contribution in [3.8, 4) is 0 Å². The van der Waals surface area contributed by atoms with Crippen LogP contribution >= 0.6 is 0 Å². The molecule has 6 heteroatoms. The SMILES string of the molecule is O=Cc1ccc2onc(C3CCC(=O)NC3=O)c2c1. The molecule has 1 saturated heterocycles. The van der Waals surface area contributed by atoms with Crippen molar-refractivity contribution in [3.63, 3.8) is 0 Å². The molecule has 1 unspecified atom stereocenters. The van der Waals surface area contributed by atoms with Crippen LogP contribution in [0.15, 0.2) is 22.7 Å². The van der Waals surface area contributed by atoms with Crippen LogP contribution in [-0.2, 0) is 9.59 Å². The van der Waals surface area contributed by atoms with E-state index >= 15 is 0 Å². The summed E-state index contributed by atoms with van der Waals surface area (Å²) in [5.41, 5.74) is 1.48. The molecule has 1 N–H and O–H groups in total. The van der Waals surface area contributed by atoms with Crippen molar-refractivity contribution in [3.05, 3.63) is 29.5 Å². The smallest absolute Gasteiger partial charge is 0.235 e. The van der Waals surface area contributed by atoms with Crippen molar-refractivity contribution >= 4 is 29.1 Å². The molecule has 1 aliphatic heterocycles. The molecule has 1 aliphatic rings. The molecule has 2 aromatic rings. The lowest BCUT2D eigenvalue weighted by molar-refractivity contribution is -0.134. The maximum Gasteiger partial charge on any atom is 0.235 e. The van der Waals surface area contributed by atoms with Crippen LogP contribution in [-0.4, -0.2) is 23.3 Å². The van der Waals surface area contributed by atoms with E-state index < -0.39 is 5.92 Å². The lowest BCUT2D eigenvalue weighted by Crippen LogP contribution is -2.39. The summed E-state index contributed by atoms with van der Waals surface area (Å²) in [4.78, 5) is 33.7. The van der Waals surface area contributed by atoms with E-state index in [0.717, 1.165) is 6.29 Å². The number of carbonyl (C=O) groups is 3. The number of rotatable bonds is 2. The molecule has 0 bridgehead atoms. The van der Waals surface area contributed by atoms with Crippen LogP contribution in [0.4, 0.5) is 0 Å². The summed E-state index contributed by atoms with van der Waals surface area (Å²) in [5.74, 6) is -1.16. The van der Waals surface area contributed by atoms with Gasteiger partial charge in [-0.05, 0) is 24.6 Å². The van der Waals surface area contributed by atoms with Gasteiger partial charge >= 0.3 is 0 Å². The molecule has 1 aromatic heterocycles. The molecule has 19 heavy (non-hydrogen) atoms. The number of imide groups is 1. The number of nitrogens with zero attached hydrogens (tertiary/aromatic N) is 1. The maximum absolute atomic E-state index is 11.8. The van der Waals surface area contributed by atoms with Gasteiger partial charge in [0.25, 0.3) is 0 Å². The molecule has 0 radical (unpaired) electrons. The third kappa shape index (κ3) is 1.91. The Balaban J connectivity index is 2.07. The molecular formula is C13H10N2O4. The number of aldehydes is 1. The number of hydrogen-bond donors (Lipinski definition) is 1. The quantitative estimate of drug-likeness (QED) is 0.645. The Morgan fingerprint density at radius 2 is 2.21 bits per heavy atom. The summed E-state index contributed by atoms with van der Waals surface area (Å²) in [5, 5.41) is 6.83. The van der Waals surface area contributed by atoms with Crippen LogP contribution in [0.3, 0.4) is 0 Å². The van der Waals surface area contributed by atoms with E-state index in [-0.39, 0.29) is 18.2 Å². The van der Waals surface area contributed by atoms with Crippen LogP contribution in [0, 0.1) is 0 Å². The molecule has 2 amide bonds. The predicted molar refractivity (Wildman–Crippen MR) is 64.5 cm³/mol. The first-order valence-corrected chi connectivity index (χ1v) is 5.87. The van der Waals surface area contributed by atoms with Gasteiger partial charge in [0, 0.05) is 17.4 Å². The minimum atomic E-state index is -0.513. The highest BCUT2D eigenvalue weighted by molar-refractivity contribution is 6.02. The topological polar surface area (TPSA) is 89.3 Å². The van der Waals surface area contributed by atoms with E-state index in [4.69, 9.17) is 4.52 Å². The van der Waals surface area contributed by atoms with E-state index in [1.807, 2.05) is 0 Å². The van der Waals surface area contributed by atoms with E-state index in [9.17, 15) is 14.4 Å². The fraction of sp³-hybridized carbons (Fsp3) is 0.231. The fourth-order valence-corrected chi connectivity index (χ4v) is 2.25. The zero-order valence-corrected chi connectivity index (χ0v) is 9.88. The van der Waals surface area contributed by atoms with Crippen LogP contribution in [0.5, 0.6) is 0 Å². The van der Waals surface area contributed by atoms with Crippen molar-refractivity contribution in [1.29, 1.82) is 0 Å². The van der Waals surface area contributed by atoms with Gasteiger partial charge < -0.3 is 4.52 Å². The molecule has 1 fully saturated rings. The van der Waals surface area contributed by atoms with E-state index in [2.05, 4.69) is 10.5 Å². The first-order chi connectivity index (χ1) is 9.19. The number of amides is 2. The van der Waals surface area contributed by atoms with Crippen LogP contribution in [0.25, 0.3) is 11.0 Å². The molecule has 0 aliphatic carbocycles. The summed E-state index contributed by atoms with van der Waals surface area (Å²) >= 11 is 0. The number of hydrogen-bond acceptors (Lipinski definition) is 5. The maximum atomic E-state index is 11.8. The van der Waals surface area contributed by atoms with Crippen molar-refractivity contribution in [2.24, 2.45) is 0 Å². The van der Waals surface area contributed by atoms with Gasteiger partial charge in [0.2, 0.25) is 11.8 Å². The highest BCUT2D eigenvalue weighted by Crippen LogP contribution is 2.30. The van der Waals surface area contributed by atoms with Crippen LogP contribution in [0.1, 0.15) is 34.8 Å². The van der Waals surface area contributed by atoms with Crippen LogP contribution in [0.2, 0.25) is 0 Å². The minimum absolute atomic E-state index is 0.275. The second-order valence-corrected chi connectivity index (χ2v) is 4.44. The molecule has 1 aromatic carbocycles. The molecule has 6 nitrogen and oxygen atoms in total. The molecule has 96 valence electrons. The third-order valence-corrected chi connectivity index (χ3v) is 3.23. The summed E-state index contributed by atoms with van der Waals surface area (Å²) in [6.07, 6.45) is 1.40. The predicted octanol–water partition coefficient (Wildman–Crippen LogP) is 1.16. The summed E-state index contributed by atoms with van der Waals surface area (Å²) < 4.78 is 5.15. The van der Waals surface area contributed by atoms with E-state index in [1.165, 1.54) is 0 Å². The summed E-state index contributed by atoms with van der Waals surface area (Å²) in [6.45, 7) is 0. The number of fused-ring (bicyclic) bond motifs is 1. The number of benzene rings is 1. The molecule has 1 atom stereocenters. The van der Waals surface area contributed by atoms with Crippen molar-refractivity contribution < 1.29 is 18.9 Å². The molecular weight excluding hydrogens is 248 g/mol. The van der Waals surface area contributed by atoms with Gasteiger partial charge in [-0.25, -0.2) is 0 Å². The fourth-order valence-electron chi connectivity index (χ4n) is 2.25. The Hall–Kier alpha value is -2.50. The van der Waals surface area contributed by atoms with Gasteiger partial charge in [-0.15, -0.1) is 0 Å². The second kappa shape index (κ2) is 4.31. The first kappa shape index (κ1) is 11.6. The summed E-state index contributed by atoms with van der Waals surface area (Å²) in [6, 6.07) is 4.90. The lowest BCUT2D eigenvalue weighted by atomic mass is 9.92. The van der Waals surface area contributed by atoms with E-state index in [0.29, 0.717) is 28.6 Å². The largest absolute Gasteiger partial charge is 0.356 e. The first-order valence-electron chi connectivity index (χ1n) is 5.87. The zero-order valence-electron chi connectivity index (χ0n) is 9.88. The molecule has 0 saturated carbocycles. The molecule has 3 rings (SSSR count). The Morgan fingerprint density at radius 3 is 2.95 bits per heavy atom. The standard InChI is InChI=1S/C13H10N2O4/c16-6-7-1-3-10-9(5-7)12(15-19-10)8-2-4-11(17)14-13(8)18/h1,3,5-6,8H,2,4H2,(H,14,17,18). The van der Waals surface area contributed by atoms with E-state index in [1.54, 1.807) is 18.2 Å². The third-order valence-electron chi connectivity index (χ3n) is 3.23. The number of aromatic nitrogens is 1. The van der Waals surface area contributed by atoms with Crippen molar-refractivity contribution in [2.45, 2.75) is 18.8 Å². The second-order valence-electron chi connectivity index (χ2n) is 4.44. The zero-order chi connectivity index (χ0) is 13.4. The number of nitrogens with one attached hydrogen (secondary N) is 1. The Labute approximate surface area is 107 Å². The Bertz CT molecular complexity index is 689. The Morgan fingerprint density at radius 1 is 1.37 bits per heavy atom. The van der Waals surface area contributed by atoms with Crippen molar-refractivity contribution in [2.75, 3.05) is 0 Å². The number of piperidine rings is 1. The molecule has 0 spiro atoms. The highest BCUT2D eigenvalue weighted by atomic mass is 16.5. The van der Waals surface area contributed by atoms with Crippen LogP contribution < -0.4 is 5.32 Å². The summed E-state index contributed by atoms with van der Waals surface area (Å²) in [7, 11) is 0. The average Bonchev–Trinajstić information content (AvgIpc) is 2.81. The van der Waals surface area contributed by atoms with Gasteiger partial charge in [-0.2, -0.15) is 0 Å². The van der Waals surface area contributed by atoms with Gasteiger partial charge in [-0.3, -0.25) is 19.7 Å². The van der Waals surface area contributed by atoms with Crippen molar-refractivity contribution in [1.82, 2.24) is 10.5 Å². The van der Waals surface area contributed by atoms with Gasteiger partial charge in [0.15, 0.2) is 5.58 Å². The van der Waals surface area contributed by atoms with Gasteiger partial charge in [0.1, 0.15) is 12.0 Å². The molecule has 2 heterocycles. The normalized spacial score (nSPS) is 19.5. The average molecular weight is 258 g/mol. The lowest BCUT2D eigenvalue weighted by Gasteiger charge is -2.18. The highest BCUT2D eigenvalue weighted by Gasteiger charge is 2.31. The minimum Gasteiger partial charge on any atom is -0.356 e. The monoisotopic (exact) mass is 258 g/mol. The van der Waals surface area contributed by atoms with Gasteiger partial charge in [-0.1, -0.05) is 5.16 Å². The van der Waals surface area contributed by atoms with Gasteiger partial charge in [0.05, 0.1) is 5.92 Å². The Kier molecular flexibility index (Phi) is 2.63. The number of carbonyl (C=O) groups excluding carboxylic acids is 3.